The number of aliphatic hydroxyl groups excluding tert-OH is 2. The van der Waals surface area contributed by atoms with Crippen LogP contribution in [0.25, 0.3) is 0 Å². The van der Waals surface area contributed by atoms with Crippen LogP contribution in [0.15, 0.2) is 18.2 Å². The summed E-state index contributed by atoms with van der Waals surface area (Å²) < 4.78 is 10.6. The van der Waals surface area contributed by atoms with E-state index in [0.717, 1.165) is 6.42 Å². The largest absolute Gasteiger partial charge is 0.493 e. The molecule has 1 saturated heterocycles. The number of benzene rings is 1. The van der Waals surface area contributed by atoms with Crippen molar-refractivity contribution in [2.24, 2.45) is 5.41 Å². The normalized spacial score (nSPS) is 23.9. The van der Waals surface area contributed by atoms with E-state index >= 15 is 0 Å². The lowest BCUT2D eigenvalue weighted by molar-refractivity contribution is -0.0720. The van der Waals surface area contributed by atoms with Gasteiger partial charge in [0.2, 0.25) is 0 Å². The summed E-state index contributed by atoms with van der Waals surface area (Å²) in [6.45, 7) is 2.65. The summed E-state index contributed by atoms with van der Waals surface area (Å²) in [5, 5.41) is 20.2. The molecule has 1 aromatic carbocycles. The van der Waals surface area contributed by atoms with Gasteiger partial charge in [-0.05, 0) is 25.0 Å². The molecule has 6 heteroatoms. The fourth-order valence-corrected chi connectivity index (χ4v) is 3.53. The number of amides is 1. The number of ether oxygens (including phenoxy) is 2. The van der Waals surface area contributed by atoms with Gasteiger partial charge in [-0.1, -0.05) is 19.4 Å². The Balaban J connectivity index is 2.30. The zero-order valence-electron chi connectivity index (χ0n) is 14.6. The fourth-order valence-electron chi connectivity index (χ4n) is 3.53. The molecule has 1 amide bonds. The second-order valence-electron chi connectivity index (χ2n) is 6.34. The molecule has 2 N–H and O–H groups in total. The van der Waals surface area contributed by atoms with Crippen LogP contribution in [0.1, 0.15) is 36.5 Å². The Morgan fingerprint density at radius 3 is 2.71 bits per heavy atom. The molecule has 1 aliphatic rings. The average Bonchev–Trinajstić information content (AvgIpc) is 2.62. The van der Waals surface area contributed by atoms with Crippen LogP contribution in [0.4, 0.5) is 0 Å². The molecular formula is C18H27NO5. The number of para-hydroxylation sites is 1. The lowest BCUT2D eigenvalue weighted by Gasteiger charge is -2.45. The Bertz CT molecular complexity index is 577. The second-order valence-corrected chi connectivity index (χ2v) is 6.34. The van der Waals surface area contributed by atoms with Crippen LogP contribution in [0.5, 0.6) is 11.5 Å². The van der Waals surface area contributed by atoms with Crippen LogP contribution in [-0.4, -0.2) is 61.0 Å². The number of piperidine rings is 1. The monoisotopic (exact) mass is 337 g/mol. The molecule has 2 atom stereocenters. The lowest BCUT2D eigenvalue weighted by Crippen LogP contribution is -2.55. The van der Waals surface area contributed by atoms with Crippen LogP contribution in [0, 0.1) is 5.41 Å². The van der Waals surface area contributed by atoms with Crippen LogP contribution >= 0.6 is 0 Å². The van der Waals surface area contributed by atoms with E-state index in [1.165, 1.54) is 14.2 Å². The third kappa shape index (κ3) is 3.35. The minimum Gasteiger partial charge on any atom is -0.493 e. The summed E-state index contributed by atoms with van der Waals surface area (Å²) in [6, 6.07) is 5.19. The number of likely N-dealkylation sites (tertiary alicyclic amines) is 1. The number of hydrogen-bond donors (Lipinski definition) is 2. The first-order chi connectivity index (χ1) is 11.5. The van der Waals surface area contributed by atoms with Crippen molar-refractivity contribution >= 4 is 5.91 Å². The molecule has 2 rings (SSSR count). The van der Waals surface area contributed by atoms with Gasteiger partial charge in [0.05, 0.1) is 32.5 Å². The van der Waals surface area contributed by atoms with Gasteiger partial charge >= 0.3 is 0 Å². The predicted molar refractivity (Wildman–Crippen MR) is 90.5 cm³/mol. The van der Waals surface area contributed by atoms with E-state index in [9.17, 15) is 15.0 Å². The van der Waals surface area contributed by atoms with Crippen molar-refractivity contribution < 1.29 is 24.5 Å². The van der Waals surface area contributed by atoms with Crippen LogP contribution in [0.2, 0.25) is 0 Å². The number of rotatable bonds is 6. The summed E-state index contributed by atoms with van der Waals surface area (Å²) in [5.74, 6) is 0.732. The standard InChI is InChI=1S/C18H27NO5/c1-4-9-18(12-20)11-19(10-8-15(18)21)17(22)13-6-5-7-14(23-2)16(13)24-3/h5-7,15,20-21H,4,8-12H2,1-3H3/t15-,18-/m0/s1. The van der Waals surface area contributed by atoms with Crippen molar-refractivity contribution in [3.05, 3.63) is 23.8 Å². The highest BCUT2D eigenvalue weighted by Crippen LogP contribution is 2.37. The molecule has 1 fully saturated rings. The molecule has 0 radical (unpaired) electrons. The van der Waals surface area contributed by atoms with E-state index in [4.69, 9.17) is 9.47 Å². The van der Waals surface area contributed by atoms with E-state index < -0.39 is 11.5 Å². The van der Waals surface area contributed by atoms with Crippen LogP contribution in [-0.2, 0) is 0 Å². The third-order valence-electron chi connectivity index (χ3n) is 4.87. The van der Waals surface area contributed by atoms with Gasteiger partial charge in [-0.25, -0.2) is 0 Å². The highest BCUT2D eigenvalue weighted by molar-refractivity contribution is 5.98. The van der Waals surface area contributed by atoms with Gasteiger partial charge in [-0.15, -0.1) is 0 Å². The maximum atomic E-state index is 13.0. The van der Waals surface area contributed by atoms with E-state index in [2.05, 4.69) is 0 Å². The average molecular weight is 337 g/mol. The Hall–Kier alpha value is -1.79. The van der Waals surface area contributed by atoms with Gasteiger partial charge < -0.3 is 24.6 Å². The molecule has 0 aromatic heterocycles. The number of carbonyl (C=O) groups excluding carboxylic acids is 1. The fraction of sp³-hybridized carbons (Fsp3) is 0.611. The molecule has 6 nitrogen and oxygen atoms in total. The molecular weight excluding hydrogens is 310 g/mol. The maximum absolute atomic E-state index is 13.0. The SMILES string of the molecule is CCC[C@@]1(CO)CN(C(=O)c2cccc(OC)c2OC)CC[C@@H]1O. The Morgan fingerprint density at radius 2 is 2.12 bits per heavy atom. The maximum Gasteiger partial charge on any atom is 0.257 e. The molecule has 1 heterocycles. The summed E-state index contributed by atoms with van der Waals surface area (Å²) in [4.78, 5) is 14.7. The molecule has 24 heavy (non-hydrogen) atoms. The first-order valence-corrected chi connectivity index (χ1v) is 8.32. The molecule has 0 unspecified atom stereocenters. The van der Waals surface area contributed by atoms with Gasteiger partial charge in [-0.2, -0.15) is 0 Å². The predicted octanol–water partition coefficient (Wildman–Crippen LogP) is 1.69. The van der Waals surface area contributed by atoms with Gasteiger partial charge in [-0.3, -0.25) is 4.79 Å². The smallest absolute Gasteiger partial charge is 0.257 e. The summed E-state index contributed by atoms with van der Waals surface area (Å²) in [7, 11) is 3.03. The number of carbonyl (C=O) groups is 1. The van der Waals surface area contributed by atoms with E-state index in [-0.39, 0.29) is 12.5 Å². The number of aliphatic hydroxyl groups is 2. The molecule has 0 bridgehead atoms. The Labute approximate surface area is 143 Å². The van der Waals surface area contributed by atoms with Crippen LogP contribution in [0.3, 0.4) is 0 Å². The zero-order chi connectivity index (χ0) is 17.7. The zero-order valence-corrected chi connectivity index (χ0v) is 14.6. The summed E-state index contributed by atoms with van der Waals surface area (Å²) in [6.07, 6.45) is 1.36. The van der Waals surface area contributed by atoms with Crippen molar-refractivity contribution in [3.63, 3.8) is 0 Å². The summed E-state index contributed by atoms with van der Waals surface area (Å²) >= 11 is 0. The number of hydrogen-bond acceptors (Lipinski definition) is 5. The summed E-state index contributed by atoms with van der Waals surface area (Å²) in [5.41, 5.74) is -0.231. The first-order valence-electron chi connectivity index (χ1n) is 8.32. The van der Waals surface area contributed by atoms with Gasteiger partial charge in [0.25, 0.3) is 5.91 Å². The molecule has 1 aliphatic heterocycles. The van der Waals surface area contributed by atoms with E-state index in [1.807, 2.05) is 6.92 Å². The molecule has 0 aliphatic carbocycles. The van der Waals surface area contributed by atoms with Gasteiger partial charge in [0.1, 0.15) is 0 Å². The highest BCUT2D eigenvalue weighted by Gasteiger charge is 2.43. The molecule has 1 aromatic rings. The number of nitrogens with zero attached hydrogens (tertiary/aromatic N) is 1. The minimum absolute atomic E-state index is 0.138. The van der Waals surface area contributed by atoms with E-state index in [0.29, 0.717) is 43.0 Å². The van der Waals surface area contributed by atoms with Crippen molar-refractivity contribution in [2.45, 2.75) is 32.3 Å². The van der Waals surface area contributed by atoms with Crippen molar-refractivity contribution in [3.8, 4) is 11.5 Å². The Kier molecular flexibility index (Phi) is 6.07. The van der Waals surface area contributed by atoms with Crippen molar-refractivity contribution in [1.82, 2.24) is 4.90 Å². The Morgan fingerprint density at radius 1 is 1.38 bits per heavy atom. The van der Waals surface area contributed by atoms with E-state index in [1.54, 1.807) is 23.1 Å². The van der Waals surface area contributed by atoms with Crippen molar-refractivity contribution in [1.29, 1.82) is 0 Å². The van der Waals surface area contributed by atoms with Crippen molar-refractivity contribution in [2.75, 3.05) is 33.9 Å². The molecule has 0 saturated carbocycles. The second kappa shape index (κ2) is 7.85. The quantitative estimate of drug-likeness (QED) is 0.826. The van der Waals surface area contributed by atoms with Gasteiger partial charge in [0, 0.05) is 18.5 Å². The minimum atomic E-state index is -0.658. The molecule has 134 valence electrons. The molecule has 0 spiro atoms. The third-order valence-corrected chi connectivity index (χ3v) is 4.87. The van der Waals surface area contributed by atoms with Crippen LogP contribution < -0.4 is 9.47 Å². The lowest BCUT2D eigenvalue weighted by atomic mass is 9.74. The van der Waals surface area contributed by atoms with Gasteiger partial charge in [0.15, 0.2) is 11.5 Å². The number of methoxy groups -OCH3 is 2. The highest BCUT2D eigenvalue weighted by atomic mass is 16.5. The first kappa shape index (κ1) is 18.5. The topological polar surface area (TPSA) is 79.2 Å².